The minimum Gasteiger partial charge on any atom is -0.484 e. The van der Waals surface area contributed by atoms with Crippen molar-refractivity contribution in [1.82, 2.24) is 10.2 Å². The second-order valence-corrected chi connectivity index (χ2v) is 5.16. The molecule has 20 heavy (non-hydrogen) atoms. The Morgan fingerprint density at radius 3 is 2.95 bits per heavy atom. The van der Waals surface area contributed by atoms with Crippen LogP contribution in [0.5, 0.6) is 5.75 Å². The third-order valence-corrected chi connectivity index (χ3v) is 3.29. The molecule has 0 fully saturated rings. The summed E-state index contributed by atoms with van der Waals surface area (Å²) in [6.45, 7) is 6.12. The fourth-order valence-electron chi connectivity index (χ4n) is 1.53. The van der Waals surface area contributed by atoms with Crippen LogP contribution in [0.15, 0.2) is 27.8 Å². The largest absolute Gasteiger partial charge is 0.484 e. The highest BCUT2D eigenvalue weighted by Gasteiger charge is 2.08. The molecule has 0 radical (unpaired) electrons. The van der Waals surface area contributed by atoms with Gasteiger partial charge < -0.3 is 9.15 Å². The minimum absolute atomic E-state index is 0.275. The van der Waals surface area contributed by atoms with Gasteiger partial charge in [-0.15, -0.1) is 16.1 Å². The average molecular weight is 288 g/mol. The van der Waals surface area contributed by atoms with Crippen molar-refractivity contribution in [3.8, 4) is 17.6 Å². The number of aryl methyl sites for hydroxylation is 2. The lowest BCUT2D eigenvalue weighted by atomic mass is 10.1. The number of aromatic nitrogens is 2. The molecule has 0 aliphatic carbocycles. The van der Waals surface area contributed by atoms with Crippen LogP contribution in [0, 0.1) is 25.7 Å². The van der Waals surface area contributed by atoms with Gasteiger partial charge in [-0.2, -0.15) is 0 Å². The molecule has 1 heterocycles. The summed E-state index contributed by atoms with van der Waals surface area (Å²) >= 11 is 1.42. The summed E-state index contributed by atoms with van der Waals surface area (Å²) in [4.78, 5) is 0. The molecule has 0 aliphatic rings. The second-order valence-electron chi connectivity index (χ2n) is 4.23. The molecular weight excluding hydrogens is 272 g/mol. The molecule has 4 nitrogen and oxygen atoms in total. The summed E-state index contributed by atoms with van der Waals surface area (Å²) in [5, 5.41) is 8.41. The molecular formula is C15H16N2O2S. The highest BCUT2D eigenvalue weighted by Crippen LogP contribution is 2.21. The van der Waals surface area contributed by atoms with E-state index in [-0.39, 0.29) is 6.61 Å². The lowest BCUT2D eigenvalue weighted by Crippen LogP contribution is -1.97. The van der Waals surface area contributed by atoms with Crippen LogP contribution in [-0.2, 0) is 6.61 Å². The number of thioether (sulfide) groups is 1. The zero-order chi connectivity index (χ0) is 14.4. The van der Waals surface area contributed by atoms with Gasteiger partial charge in [0.1, 0.15) is 5.75 Å². The Hall–Kier alpha value is -1.93. The molecule has 0 N–H and O–H groups in total. The smallest absolute Gasteiger partial charge is 0.277 e. The fraction of sp³-hybridized carbons (Fsp3) is 0.333. The quantitative estimate of drug-likeness (QED) is 0.623. The molecule has 0 unspecified atom stereocenters. The maximum atomic E-state index is 5.71. The van der Waals surface area contributed by atoms with Crippen molar-refractivity contribution in [2.45, 2.75) is 32.6 Å². The first-order valence-corrected chi connectivity index (χ1v) is 7.22. The molecule has 0 aliphatic heterocycles. The van der Waals surface area contributed by atoms with Crippen molar-refractivity contribution in [3.63, 3.8) is 0 Å². The zero-order valence-electron chi connectivity index (χ0n) is 11.8. The molecule has 0 saturated carbocycles. The molecule has 0 amide bonds. The molecule has 1 aromatic carbocycles. The van der Waals surface area contributed by atoms with Gasteiger partial charge in [0.05, 0.1) is 5.75 Å². The summed E-state index contributed by atoms with van der Waals surface area (Å²) in [6, 6.07) is 6.08. The Labute approximate surface area is 122 Å². The van der Waals surface area contributed by atoms with E-state index in [9.17, 15) is 0 Å². The standard InChI is InChI=1S/C15H16N2O2S/c1-4-5-8-20-15-17-16-14(19-15)10-18-13-9-11(2)6-7-12(13)3/h6-7,9H,8,10H2,1-3H3. The molecule has 5 heteroatoms. The summed E-state index contributed by atoms with van der Waals surface area (Å²) in [5.41, 5.74) is 2.24. The van der Waals surface area contributed by atoms with Crippen molar-refractivity contribution in [2.24, 2.45) is 0 Å². The van der Waals surface area contributed by atoms with Gasteiger partial charge in [-0.1, -0.05) is 29.8 Å². The van der Waals surface area contributed by atoms with Crippen LogP contribution in [0.3, 0.4) is 0 Å². The molecule has 0 saturated heterocycles. The maximum absolute atomic E-state index is 5.71. The van der Waals surface area contributed by atoms with E-state index in [1.807, 2.05) is 26.0 Å². The predicted molar refractivity (Wildman–Crippen MR) is 78.7 cm³/mol. The fourth-order valence-corrected chi connectivity index (χ4v) is 2.12. The van der Waals surface area contributed by atoms with Gasteiger partial charge in [-0.25, -0.2) is 0 Å². The molecule has 0 spiro atoms. The minimum atomic E-state index is 0.275. The molecule has 0 bridgehead atoms. The van der Waals surface area contributed by atoms with E-state index >= 15 is 0 Å². The predicted octanol–water partition coefficient (Wildman–Crippen LogP) is 3.38. The number of rotatable bonds is 5. The van der Waals surface area contributed by atoms with Gasteiger partial charge in [0, 0.05) is 0 Å². The van der Waals surface area contributed by atoms with Crippen LogP contribution in [0.1, 0.15) is 23.9 Å². The number of hydrogen-bond acceptors (Lipinski definition) is 5. The summed E-state index contributed by atoms with van der Waals surface area (Å²) in [7, 11) is 0. The summed E-state index contributed by atoms with van der Waals surface area (Å²) < 4.78 is 11.2. The van der Waals surface area contributed by atoms with Crippen LogP contribution in [0.2, 0.25) is 0 Å². The van der Waals surface area contributed by atoms with Gasteiger partial charge in [0.15, 0.2) is 6.61 Å². The molecule has 2 rings (SSSR count). The van der Waals surface area contributed by atoms with Gasteiger partial charge >= 0.3 is 0 Å². The number of benzene rings is 1. The molecule has 2 aromatic rings. The lowest BCUT2D eigenvalue weighted by Gasteiger charge is -2.07. The van der Waals surface area contributed by atoms with Gasteiger partial charge in [-0.05, 0) is 38.0 Å². The topological polar surface area (TPSA) is 48.2 Å². The third kappa shape index (κ3) is 4.04. The first-order valence-electron chi connectivity index (χ1n) is 6.24. The molecule has 1 aromatic heterocycles. The van der Waals surface area contributed by atoms with Crippen LogP contribution in [-0.4, -0.2) is 16.0 Å². The third-order valence-electron chi connectivity index (χ3n) is 2.59. The van der Waals surface area contributed by atoms with E-state index in [2.05, 4.69) is 28.1 Å². The van der Waals surface area contributed by atoms with E-state index in [1.54, 1.807) is 6.92 Å². The van der Waals surface area contributed by atoms with Gasteiger partial charge in [0.2, 0.25) is 0 Å². The molecule has 0 atom stereocenters. The van der Waals surface area contributed by atoms with E-state index in [1.165, 1.54) is 11.8 Å². The van der Waals surface area contributed by atoms with Crippen LogP contribution in [0.25, 0.3) is 0 Å². The van der Waals surface area contributed by atoms with E-state index in [0.29, 0.717) is 16.9 Å². The summed E-state index contributed by atoms with van der Waals surface area (Å²) in [5.74, 6) is 7.71. The highest BCUT2D eigenvalue weighted by molar-refractivity contribution is 7.99. The Kier molecular flexibility index (Phi) is 5.08. The summed E-state index contributed by atoms with van der Waals surface area (Å²) in [6.07, 6.45) is 0. The van der Waals surface area contributed by atoms with Crippen LogP contribution >= 0.6 is 11.8 Å². The Bertz CT molecular complexity index is 641. The van der Waals surface area contributed by atoms with Crippen molar-refractivity contribution in [3.05, 3.63) is 35.2 Å². The average Bonchev–Trinajstić information content (AvgIpc) is 2.88. The molecule has 104 valence electrons. The van der Waals surface area contributed by atoms with E-state index in [0.717, 1.165) is 16.9 Å². The Morgan fingerprint density at radius 1 is 1.30 bits per heavy atom. The zero-order valence-corrected chi connectivity index (χ0v) is 12.6. The van der Waals surface area contributed by atoms with Crippen LogP contribution < -0.4 is 4.74 Å². The first kappa shape index (κ1) is 14.5. The Balaban J connectivity index is 1.93. The van der Waals surface area contributed by atoms with E-state index < -0.39 is 0 Å². The number of nitrogens with zero attached hydrogens (tertiary/aromatic N) is 2. The Morgan fingerprint density at radius 2 is 2.15 bits per heavy atom. The van der Waals surface area contributed by atoms with Gasteiger partial charge in [0.25, 0.3) is 11.1 Å². The first-order chi connectivity index (χ1) is 9.69. The second kappa shape index (κ2) is 7.01. The van der Waals surface area contributed by atoms with Crippen molar-refractivity contribution < 1.29 is 9.15 Å². The SMILES string of the molecule is CC#CCSc1nnc(COc2cc(C)ccc2C)o1. The maximum Gasteiger partial charge on any atom is 0.277 e. The van der Waals surface area contributed by atoms with Crippen molar-refractivity contribution >= 4 is 11.8 Å². The monoisotopic (exact) mass is 288 g/mol. The van der Waals surface area contributed by atoms with Gasteiger partial charge in [-0.3, -0.25) is 0 Å². The van der Waals surface area contributed by atoms with E-state index in [4.69, 9.17) is 9.15 Å². The number of hydrogen-bond donors (Lipinski definition) is 0. The normalized spacial score (nSPS) is 9.95. The lowest BCUT2D eigenvalue weighted by molar-refractivity contribution is 0.250. The highest BCUT2D eigenvalue weighted by atomic mass is 32.2. The van der Waals surface area contributed by atoms with Crippen molar-refractivity contribution in [1.29, 1.82) is 0 Å². The van der Waals surface area contributed by atoms with Crippen molar-refractivity contribution in [2.75, 3.05) is 5.75 Å². The van der Waals surface area contributed by atoms with Crippen LogP contribution in [0.4, 0.5) is 0 Å². The number of ether oxygens (including phenoxy) is 1.